The minimum atomic E-state index is -0.197. The van der Waals surface area contributed by atoms with Crippen molar-refractivity contribution in [2.24, 2.45) is 0 Å². The molecule has 0 fully saturated rings. The number of rotatable bonds is 5. The van der Waals surface area contributed by atoms with Gasteiger partial charge in [-0.25, -0.2) is 0 Å². The van der Waals surface area contributed by atoms with E-state index in [0.717, 1.165) is 5.76 Å². The van der Waals surface area contributed by atoms with E-state index in [9.17, 15) is 4.79 Å². The molecule has 21 heavy (non-hydrogen) atoms. The highest BCUT2D eigenvalue weighted by molar-refractivity contribution is 5.96. The Hall–Kier alpha value is -2.58. The van der Waals surface area contributed by atoms with Gasteiger partial charge >= 0.3 is 0 Å². The summed E-state index contributed by atoms with van der Waals surface area (Å²) in [6.07, 6.45) is 5.71. The van der Waals surface area contributed by atoms with E-state index >= 15 is 0 Å². The van der Waals surface area contributed by atoms with Gasteiger partial charge in [0.05, 0.1) is 24.0 Å². The SMILES string of the molecule is O=C(NCCc1ccco1)c1ccncc1C#CCCO. The van der Waals surface area contributed by atoms with Crippen molar-refractivity contribution in [2.75, 3.05) is 13.2 Å². The van der Waals surface area contributed by atoms with Gasteiger partial charge in [0.25, 0.3) is 5.91 Å². The second-order valence-corrected chi connectivity index (χ2v) is 4.28. The van der Waals surface area contributed by atoms with E-state index in [1.165, 1.54) is 0 Å². The van der Waals surface area contributed by atoms with Gasteiger partial charge in [-0.1, -0.05) is 11.8 Å². The molecule has 108 valence electrons. The summed E-state index contributed by atoms with van der Waals surface area (Å²) in [5.41, 5.74) is 1.04. The van der Waals surface area contributed by atoms with Crippen LogP contribution in [0.25, 0.3) is 0 Å². The summed E-state index contributed by atoms with van der Waals surface area (Å²) in [4.78, 5) is 16.1. The molecule has 0 unspecified atom stereocenters. The van der Waals surface area contributed by atoms with Crippen LogP contribution in [0.1, 0.15) is 28.1 Å². The quantitative estimate of drug-likeness (QED) is 0.813. The zero-order chi connectivity index (χ0) is 14.9. The van der Waals surface area contributed by atoms with Crippen molar-refractivity contribution in [3.63, 3.8) is 0 Å². The molecule has 0 aliphatic heterocycles. The molecule has 2 heterocycles. The van der Waals surface area contributed by atoms with Gasteiger partial charge in [0, 0.05) is 31.8 Å². The van der Waals surface area contributed by atoms with Crippen LogP contribution in [0.3, 0.4) is 0 Å². The van der Waals surface area contributed by atoms with Crippen LogP contribution < -0.4 is 5.32 Å². The first-order chi connectivity index (χ1) is 10.3. The molecular weight excluding hydrogens is 268 g/mol. The number of nitrogens with zero attached hydrogens (tertiary/aromatic N) is 1. The number of nitrogens with one attached hydrogen (secondary N) is 1. The maximum absolute atomic E-state index is 12.1. The van der Waals surface area contributed by atoms with Crippen molar-refractivity contribution in [1.29, 1.82) is 0 Å². The molecule has 0 bridgehead atoms. The molecule has 0 atom stereocenters. The third kappa shape index (κ3) is 4.48. The lowest BCUT2D eigenvalue weighted by atomic mass is 10.1. The molecule has 0 saturated carbocycles. The monoisotopic (exact) mass is 284 g/mol. The highest BCUT2D eigenvalue weighted by atomic mass is 16.3. The maximum atomic E-state index is 12.1. The largest absolute Gasteiger partial charge is 0.469 e. The summed E-state index contributed by atoms with van der Waals surface area (Å²) in [5, 5.41) is 11.5. The lowest BCUT2D eigenvalue weighted by Crippen LogP contribution is -2.26. The van der Waals surface area contributed by atoms with Gasteiger partial charge in [0.15, 0.2) is 0 Å². The van der Waals surface area contributed by atoms with Crippen molar-refractivity contribution in [3.05, 3.63) is 53.7 Å². The molecule has 5 nitrogen and oxygen atoms in total. The van der Waals surface area contributed by atoms with Gasteiger partial charge in [-0.3, -0.25) is 9.78 Å². The number of pyridine rings is 1. The van der Waals surface area contributed by atoms with Crippen molar-refractivity contribution in [3.8, 4) is 11.8 Å². The Bertz CT molecular complexity index is 639. The summed E-state index contributed by atoms with van der Waals surface area (Å²) in [6.45, 7) is 0.482. The van der Waals surface area contributed by atoms with Crippen LogP contribution in [0.2, 0.25) is 0 Å². The minimum absolute atomic E-state index is 0.00204. The van der Waals surface area contributed by atoms with Crippen LogP contribution in [-0.2, 0) is 6.42 Å². The Morgan fingerprint density at radius 3 is 3.10 bits per heavy atom. The van der Waals surface area contributed by atoms with Crippen LogP contribution in [-0.4, -0.2) is 29.1 Å². The molecule has 2 rings (SSSR count). The van der Waals surface area contributed by atoms with Crippen LogP contribution in [0.5, 0.6) is 0 Å². The third-order valence-electron chi connectivity index (χ3n) is 2.76. The maximum Gasteiger partial charge on any atom is 0.252 e. The summed E-state index contributed by atoms with van der Waals surface area (Å²) < 4.78 is 5.20. The van der Waals surface area contributed by atoms with Gasteiger partial charge in [0.1, 0.15) is 5.76 Å². The lowest BCUT2D eigenvalue weighted by Gasteiger charge is -2.05. The lowest BCUT2D eigenvalue weighted by molar-refractivity contribution is 0.0953. The van der Waals surface area contributed by atoms with Gasteiger partial charge < -0.3 is 14.8 Å². The average Bonchev–Trinajstić information content (AvgIpc) is 3.01. The summed E-state index contributed by atoms with van der Waals surface area (Å²) in [6, 6.07) is 5.31. The zero-order valence-corrected chi connectivity index (χ0v) is 11.5. The fourth-order valence-electron chi connectivity index (χ4n) is 1.75. The van der Waals surface area contributed by atoms with E-state index in [4.69, 9.17) is 9.52 Å². The molecule has 0 saturated heterocycles. The second-order valence-electron chi connectivity index (χ2n) is 4.28. The van der Waals surface area contributed by atoms with E-state index < -0.39 is 0 Å². The van der Waals surface area contributed by atoms with Crippen LogP contribution in [0.4, 0.5) is 0 Å². The molecule has 2 aromatic rings. The molecule has 2 aromatic heterocycles. The van der Waals surface area contributed by atoms with E-state index in [2.05, 4.69) is 22.1 Å². The van der Waals surface area contributed by atoms with Gasteiger partial charge in [0.2, 0.25) is 0 Å². The Morgan fingerprint density at radius 1 is 1.43 bits per heavy atom. The normalized spacial score (nSPS) is 9.76. The number of carbonyl (C=O) groups is 1. The predicted octanol–water partition coefficient (Wildman–Crippen LogP) is 1.38. The Morgan fingerprint density at radius 2 is 2.33 bits per heavy atom. The number of hydrogen-bond acceptors (Lipinski definition) is 4. The minimum Gasteiger partial charge on any atom is -0.469 e. The standard InChI is InChI=1S/C16H16N2O3/c19-10-2-1-4-13-12-17-8-7-15(13)16(20)18-9-6-14-5-3-11-21-14/h3,5,7-8,11-12,19H,2,6,9-10H2,(H,18,20). The average molecular weight is 284 g/mol. The Kier molecular flexibility index (Phi) is 5.56. The second kappa shape index (κ2) is 7.88. The number of furan rings is 1. The molecule has 1 amide bonds. The summed E-state index contributed by atoms with van der Waals surface area (Å²) in [7, 11) is 0. The summed E-state index contributed by atoms with van der Waals surface area (Å²) >= 11 is 0. The number of amides is 1. The van der Waals surface area contributed by atoms with Crippen molar-refractivity contribution >= 4 is 5.91 Å². The van der Waals surface area contributed by atoms with E-state index in [1.54, 1.807) is 24.7 Å². The number of aliphatic hydroxyl groups excluding tert-OH is 1. The zero-order valence-electron chi connectivity index (χ0n) is 11.5. The first kappa shape index (κ1) is 14.8. The summed E-state index contributed by atoms with van der Waals surface area (Å²) in [5.74, 6) is 6.27. The van der Waals surface area contributed by atoms with Crippen molar-refractivity contribution in [1.82, 2.24) is 10.3 Å². The molecule has 2 N–H and O–H groups in total. The third-order valence-corrected chi connectivity index (χ3v) is 2.76. The van der Waals surface area contributed by atoms with E-state index in [0.29, 0.717) is 30.5 Å². The Labute approximate surface area is 123 Å². The van der Waals surface area contributed by atoms with Crippen LogP contribution in [0.15, 0.2) is 41.3 Å². The van der Waals surface area contributed by atoms with Crippen molar-refractivity contribution < 1.29 is 14.3 Å². The fourth-order valence-corrected chi connectivity index (χ4v) is 1.75. The van der Waals surface area contributed by atoms with E-state index in [-0.39, 0.29) is 12.5 Å². The number of carbonyl (C=O) groups excluding carboxylic acids is 1. The van der Waals surface area contributed by atoms with Crippen molar-refractivity contribution in [2.45, 2.75) is 12.8 Å². The van der Waals surface area contributed by atoms with Gasteiger partial charge in [-0.2, -0.15) is 0 Å². The number of aromatic nitrogens is 1. The molecule has 0 aliphatic rings. The molecule has 5 heteroatoms. The predicted molar refractivity (Wildman–Crippen MR) is 77.6 cm³/mol. The smallest absolute Gasteiger partial charge is 0.252 e. The number of hydrogen-bond donors (Lipinski definition) is 2. The van der Waals surface area contributed by atoms with E-state index in [1.807, 2.05) is 12.1 Å². The highest BCUT2D eigenvalue weighted by Gasteiger charge is 2.09. The topological polar surface area (TPSA) is 75.4 Å². The molecule has 0 spiro atoms. The van der Waals surface area contributed by atoms with Crippen LogP contribution in [0, 0.1) is 11.8 Å². The van der Waals surface area contributed by atoms with Gasteiger partial charge in [-0.05, 0) is 18.2 Å². The number of aliphatic hydroxyl groups is 1. The fraction of sp³-hybridized carbons (Fsp3) is 0.250. The highest BCUT2D eigenvalue weighted by Crippen LogP contribution is 2.06. The molecular formula is C16H16N2O3. The molecule has 0 radical (unpaired) electrons. The molecule has 0 aromatic carbocycles. The molecule has 0 aliphatic carbocycles. The first-order valence-electron chi connectivity index (χ1n) is 6.65. The first-order valence-corrected chi connectivity index (χ1v) is 6.65. The van der Waals surface area contributed by atoms with Crippen LogP contribution >= 0.6 is 0 Å². The Balaban J connectivity index is 1.97. The van der Waals surface area contributed by atoms with Gasteiger partial charge in [-0.15, -0.1) is 0 Å².